The highest BCUT2D eigenvalue weighted by Crippen LogP contribution is 2.30. The molecule has 0 aromatic carbocycles. The lowest BCUT2D eigenvalue weighted by atomic mass is 10.1. The second kappa shape index (κ2) is 11.0. The molecule has 9 heteroatoms. The summed E-state index contributed by atoms with van der Waals surface area (Å²) in [6.45, 7) is 3.94. The van der Waals surface area contributed by atoms with Crippen molar-refractivity contribution >= 4 is 24.2 Å². The monoisotopic (exact) mass is 385 g/mol. The number of hydrogen-bond donors (Lipinski definition) is 0. The predicted octanol–water partition coefficient (Wildman–Crippen LogP) is 0.524. The first-order valence-electron chi connectivity index (χ1n) is 9.12. The highest BCUT2D eigenvalue weighted by Gasteiger charge is 2.51. The highest BCUT2D eigenvalue weighted by atomic mass is 16.7. The number of carbonyl (C=O) groups excluding carboxylic acids is 4. The average molecular weight is 385 g/mol. The van der Waals surface area contributed by atoms with Gasteiger partial charge >= 0.3 is 17.9 Å². The first-order valence-corrected chi connectivity index (χ1v) is 9.12. The van der Waals surface area contributed by atoms with Crippen molar-refractivity contribution < 1.29 is 42.9 Å². The van der Waals surface area contributed by atoms with Crippen molar-refractivity contribution in [1.82, 2.24) is 0 Å². The van der Waals surface area contributed by atoms with E-state index in [-0.39, 0.29) is 26.1 Å². The quantitative estimate of drug-likeness (QED) is 0.174. The molecule has 0 aromatic heterocycles. The molecule has 0 spiro atoms. The number of esters is 3. The Morgan fingerprint density at radius 2 is 1.48 bits per heavy atom. The molecule has 9 nitrogen and oxygen atoms in total. The molecule has 0 aromatic rings. The van der Waals surface area contributed by atoms with Gasteiger partial charge in [0.2, 0.25) is 6.29 Å². The second-order valence-corrected chi connectivity index (χ2v) is 6.39. The van der Waals surface area contributed by atoms with Gasteiger partial charge in [-0.1, -0.05) is 39.0 Å². The summed E-state index contributed by atoms with van der Waals surface area (Å²) < 4.78 is 25.7. The zero-order chi connectivity index (χ0) is 19.6. The van der Waals surface area contributed by atoms with Gasteiger partial charge in [0, 0.05) is 0 Å². The fourth-order valence-electron chi connectivity index (χ4n) is 3.03. The van der Waals surface area contributed by atoms with E-state index < -0.39 is 42.3 Å². The zero-order valence-corrected chi connectivity index (χ0v) is 15.1. The van der Waals surface area contributed by atoms with E-state index in [4.69, 9.17) is 23.7 Å². The van der Waals surface area contributed by atoms with Crippen LogP contribution >= 0.6 is 0 Å². The molecule has 0 saturated carbocycles. The molecule has 0 aliphatic carbocycles. The molecule has 27 heavy (non-hydrogen) atoms. The summed E-state index contributed by atoms with van der Waals surface area (Å²) >= 11 is 0. The Bertz CT molecular complexity index is 533. The van der Waals surface area contributed by atoms with E-state index in [1.807, 2.05) is 0 Å². The smallest absolute Gasteiger partial charge is 0.417 e. The summed E-state index contributed by atoms with van der Waals surface area (Å²) in [7, 11) is 0. The van der Waals surface area contributed by atoms with Crippen LogP contribution in [0.4, 0.5) is 0 Å². The van der Waals surface area contributed by atoms with Gasteiger partial charge in [0.05, 0.1) is 19.8 Å². The molecule has 2 aliphatic heterocycles. The van der Waals surface area contributed by atoms with Crippen LogP contribution < -0.4 is 0 Å². The maximum absolute atomic E-state index is 11.9. The number of fused-ring (bicyclic) bond motifs is 1. The minimum Gasteiger partial charge on any atom is -0.457 e. The first kappa shape index (κ1) is 21.3. The summed E-state index contributed by atoms with van der Waals surface area (Å²) in [6, 6.07) is 0. The van der Waals surface area contributed by atoms with Crippen molar-refractivity contribution in [3.63, 3.8) is 0 Å². The predicted molar refractivity (Wildman–Crippen MR) is 89.3 cm³/mol. The highest BCUT2D eigenvalue weighted by molar-refractivity contribution is 6.29. The Kier molecular flexibility index (Phi) is 8.66. The maximum atomic E-state index is 11.9. The first-order chi connectivity index (χ1) is 13.1. The van der Waals surface area contributed by atoms with Crippen molar-refractivity contribution in [2.75, 3.05) is 19.8 Å². The summed E-state index contributed by atoms with van der Waals surface area (Å²) in [5, 5.41) is 0. The molecule has 2 saturated heterocycles. The molecule has 1 radical (unpaired) electrons. The van der Waals surface area contributed by atoms with Crippen molar-refractivity contribution in [1.29, 1.82) is 0 Å². The standard InChI is InChI=1S/C18H25O9/c1-2-3-4-5-6-7-8-23-17(21)18(22)27-13-11-25-15-12(10-24-16(13)15)26-14(20)9-19/h9,12-13,15-16H,1-8,10-11H2/t12-,13-,15?,16?/m1/s1. The second-order valence-electron chi connectivity index (χ2n) is 6.39. The van der Waals surface area contributed by atoms with E-state index >= 15 is 0 Å². The molecular weight excluding hydrogens is 360 g/mol. The van der Waals surface area contributed by atoms with Crippen molar-refractivity contribution in [3.05, 3.63) is 6.92 Å². The molecule has 2 unspecified atom stereocenters. The fraction of sp³-hybridized carbons (Fsp3) is 0.722. The molecule has 0 amide bonds. The third-order valence-electron chi connectivity index (χ3n) is 4.38. The van der Waals surface area contributed by atoms with Crippen LogP contribution in [-0.4, -0.2) is 68.4 Å². The number of carbonyl (C=O) groups is 4. The third-order valence-corrected chi connectivity index (χ3v) is 4.38. The molecular formula is C18H25O9. The number of aldehydes is 1. The summed E-state index contributed by atoms with van der Waals surface area (Å²) in [5.41, 5.74) is 0. The number of ether oxygens (including phenoxy) is 5. The summed E-state index contributed by atoms with van der Waals surface area (Å²) in [4.78, 5) is 45.0. The summed E-state index contributed by atoms with van der Waals surface area (Å²) in [5.74, 6) is -3.19. The minimum atomic E-state index is -1.11. The fourth-order valence-corrected chi connectivity index (χ4v) is 3.03. The van der Waals surface area contributed by atoms with Crippen LogP contribution in [0.3, 0.4) is 0 Å². The summed E-state index contributed by atoms with van der Waals surface area (Å²) in [6.07, 6.45) is 2.88. The lowest BCUT2D eigenvalue weighted by Gasteiger charge is -2.16. The van der Waals surface area contributed by atoms with Crippen molar-refractivity contribution in [3.8, 4) is 0 Å². The molecule has 2 heterocycles. The van der Waals surface area contributed by atoms with Gasteiger partial charge in [-0.05, 0) is 6.42 Å². The third kappa shape index (κ3) is 6.28. The van der Waals surface area contributed by atoms with E-state index in [0.29, 0.717) is 6.42 Å². The Morgan fingerprint density at radius 3 is 2.11 bits per heavy atom. The Balaban J connectivity index is 1.66. The molecule has 4 atom stereocenters. The average Bonchev–Trinajstić information content (AvgIpc) is 3.24. The Hall–Kier alpha value is -2.00. The number of rotatable bonds is 10. The maximum Gasteiger partial charge on any atom is 0.417 e. The number of unbranched alkanes of at least 4 members (excludes halogenated alkanes) is 5. The van der Waals surface area contributed by atoms with Crippen molar-refractivity contribution in [2.24, 2.45) is 0 Å². The van der Waals surface area contributed by atoms with Crippen LogP contribution in [0.25, 0.3) is 0 Å². The van der Waals surface area contributed by atoms with Gasteiger partial charge in [0.25, 0.3) is 0 Å². The van der Waals surface area contributed by atoms with Gasteiger partial charge in [-0.3, -0.25) is 4.79 Å². The van der Waals surface area contributed by atoms with Crippen LogP contribution in [-0.2, 0) is 42.9 Å². The van der Waals surface area contributed by atoms with Gasteiger partial charge in [0.15, 0.2) is 12.2 Å². The van der Waals surface area contributed by atoms with Gasteiger partial charge in [-0.2, -0.15) is 0 Å². The molecule has 2 aliphatic rings. The molecule has 0 bridgehead atoms. The minimum absolute atomic E-state index is 0.00419. The number of hydrogen-bond acceptors (Lipinski definition) is 9. The topological polar surface area (TPSA) is 114 Å². The van der Waals surface area contributed by atoms with Gasteiger partial charge in [-0.25, -0.2) is 14.4 Å². The van der Waals surface area contributed by atoms with Crippen LogP contribution in [0.1, 0.15) is 38.5 Å². The SMILES string of the molecule is [CH2]CCCCCCCOC(=O)C(=O)O[C@@H]1COC2C1OC[C@H]2OC(=O)C=O. The Labute approximate surface area is 157 Å². The van der Waals surface area contributed by atoms with Gasteiger partial charge < -0.3 is 23.7 Å². The van der Waals surface area contributed by atoms with Crippen molar-refractivity contribution in [2.45, 2.75) is 62.9 Å². The molecule has 0 N–H and O–H groups in total. The van der Waals surface area contributed by atoms with Gasteiger partial charge in [-0.15, -0.1) is 0 Å². The largest absolute Gasteiger partial charge is 0.457 e. The molecule has 2 fully saturated rings. The van der Waals surface area contributed by atoms with Crippen LogP contribution in [0.2, 0.25) is 0 Å². The Morgan fingerprint density at radius 1 is 0.889 bits per heavy atom. The van der Waals surface area contributed by atoms with E-state index in [1.165, 1.54) is 0 Å². The van der Waals surface area contributed by atoms with E-state index in [0.717, 1.165) is 32.1 Å². The lowest BCUT2D eigenvalue weighted by molar-refractivity contribution is -0.173. The molecule has 2 rings (SSSR count). The van der Waals surface area contributed by atoms with Crippen LogP contribution in [0, 0.1) is 6.92 Å². The van der Waals surface area contributed by atoms with E-state index in [9.17, 15) is 19.2 Å². The lowest BCUT2D eigenvalue weighted by Crippen LogP contribution is -2.37. The zero-order valence-electron chi connectivity index (χ0n) is 15.1. The van der Waals surface area contributed by atoms with Crippen LogP contribution in [0.15, 0.2) is 0 Å². The van der Waals surface area contributed by atoms with E-state index in [1.54, 1.807) is 0 Å². The van der Waals surface area contributed by atoms with E-state index in [2.05, 4.69) is 6.92 Å². The molecule has 151 valence electrons. The van der Waals surface area contributed by atoms with Gasteiger partial charge in [0.1, 0.15) is 12.2 Å². The van der Waals surface area contributed by atoms with Crippen LogP contribution in [0.5, 0.6) is 0 Å². The normalized spacial score (nSPS) is 26.3.